The Kier molecular flexibility index (Phi) is 3.84. The number of nitrogens with one attached hydrogen (secondary N) is 2. The zero-order valence-corrected chi connectivity index (χ0v) is 8.75. The van der Waals surface area contributed by atoms with Gasteiger partial charge in [-0.05, 0) is 6.42 Å². The van der Waals surface area contributed by atoms with Gasteiger partial charge in [-0.15, -0.1) is 0 Å². The Labute approximate surface area is 88.6 Å². The molecule has 0 spiro atoms. The molecule has 0 amide bonds. The highest BCUT2D eigenvalue weighted by Crippen LogP contribution is 2.18. The maximum atomic E-state index is 7.11. The zero-order chi connectivity index (χ0) is 11.3. The van der Waals surface area contributed by atoms with Crippen LogP contribution in [0.3, 0.4) is 0 Å². The van der Waals surface area contributed by atoms with Gasteiger partial charge in [-0.3, -0.25) is 0 Å². The fraction of sp³-hybridized carbons (Fsp3) is 0.444. The van der Waals surface area contributed by atoms with Gasteiger partial charge in [0, 0.05) is 12.8 Å². The summed E-state index contributed by atoms with van der Waals surface area (Å²) in [6, 6.07) is 0. The molecular formula is C9H16N6. The van der Waals surface area contributed by atoms with Gasteiger partial charge in [0.05, 0.1) is 0 Å². The zero-order valence-electron chi connectivity index (χ0n) is 8.75. The van der Waals surface area contributed by atoms with Crippen LogP contribution in [0.1, 0.15) is 25.5 Å². The summed E-state index contributed by atoms with van der Waals surface area (Å²) in [6.07, 6.45) is 3.19. The summed E-state index contributed by atoms with van der Waals surface area (Å²) < 4.78 is 0. The van der Waals surface area contributed by atoms with Crippen molar-refractivity contribution < 1.29 is 0 Å². The first-order valence-corrected chi connectivity index (χ1v) is 4.86. The number of nitrogen functional groups attached to an aromatic ring is 2. The first kappa shape index (κ1) is 11.2. The lowest BCUT2D eigenvalue weighted by atomic mass is 10.3. The second-order valence-corrected chi connectivity index (χ2v) is 3.15. The predicted octanol–water partition coefficient (Wildman–Crippen LogP) is 0.851. The first-order valence-electron chi connectivity index (χ1n) is 4.86. The van der Waals surface area contributed by atoms with E-state index in [2.05, 4.69) is 22.2 Å². The van der Waals surface area contributed by atoms with Crippen LogP contribution in [-0.2, 0) is 0 Å². The molecule has 6 nitrogen and oxygen atoms in total. The van der Waals surface area contributed by atoms with Crippen LogP contribution in [0.5, 0.6) is 0 Å². The van der Waals surface area contributed by atoms with Crippen molar-refractivity contribution in [2.75, 3.05) is 23.3 Å². The SMILES string of the molecule is CCCCNc1nc(N)nc(C=N)c1N. The Hall–Kier alpha value is -1.85. The number of unbranched alkanes of at least 4 members (excludes halogenated alkanes) is 1. The minimum absolute atomic E-state index is 0.127. The van der Waals surface area contributed by atoms with Crippen molar-refractivity contribution >= 4 is 23.7 Å². The van der Waals surface area contributed by atoms with Crippen LogP contribution >= 0.6 is 0 Å². The first-order chi connectivity index (χ1) is 7.19. The lowest BCUT2D eigenvalue weighted by molar-refractivity contribution is 0.831. The Bertz CT molecular complexity index is 349. The Morgan fingerprint density at radius 1 is 1.40 bits per heavy atom. The summed E-state index contributed by atoms with van der Waals surface area (Å²) in [6.45, 7) is 2.89. The van der Waals surface area contributed by atoms with Gasteiger partial charge in [-0.25, -0.2) is 4.98 Å². The van der Waals surface area contributed by atoms with Gasteiger partial charge < -0.3 is 22.2 Å². The van der Waals surface area contributed by atoms with Crippen molar-refractivity contribution in [2.45, 2.75) is 19.8 Å². The summed E-state index contributed by atoms with van der Waals surface area (Å²) in [5.41, 5.74) is 12.0. The quantitative estimate of drug-likeness (QED) is 0.423. The maximum absolute atomic E-state index is 7.11. The molecule has 0 fully saturated rings. The third-order valence-corrected chi connectivity index (χ3v) is 1.95. The molecule has 0 aromatic carbocycles. The lowest BCUT2D eigenvalue weighted by Crippen LogP contribution is -2.11. The molecule has 0 saturated heterocycles. The van der Waals surface area contributed by atoms with Gasteiger partial charge in [0.1, 0.15) is 11.4 Å². The predicted molar refractivity (Wildman–Crippen MR) is 62.1 cm³/mol. The summed E-state index contributed by atoms with van der Waals surface area (Å²) >= 11 is 0. The van der Waals surface area contributed by atoms with E-state index in [-0.39, 0.29) is 5.95 Å². The second-order valence-electron chi connectivity index (χ2n) is 3.15. The summed E-state index contributed by atoms with van der Waals surface area (Å²) in [4.78, 5) is 7.82. The average molecular weight is 208 g/mol. The molecule has 6 N–H and O–H groups in total. The Balaban J connectivity index is 2.86. The van der Waals surface area contributed by atoms with E-state index in [0.29, 0.717) is 17.2 Å². The van der Waals surface area contributed by atoms with Crippen LogP contribution in [0.15, 0.2) is 0 Å². The van der Waals surface area contributed by atoms with E-state index in [4.69, 9.17) is 16.9 Å². The van der Waals surface area contributed by atoms with E-state index in [1.54, 1.807) is 0 Å². The van der Waals surface area contributed by atoms with E-state index >= 15 is 0 Å². The third-order valence-electron chi connectivity index (χ3n) is 1.95. The molecule has 1 aromatic rings. The molecule has 0 atom stereocenters. The van der Waals surface area contributed by atoms with Crippen LogP contribution in [0.2, 0.25) is 0 Å². The molecule has 0 bridgehead atoms. The largest absolute Gasteiger partial charge is 0.394 e. The number of aromatic nitrogens is 2. The highest BCUT2D eigenvalue weighted by atomic mass is 15.1. The molecule has 0 aliphatic carbocycles. The fourth-order valence-corrected chi connectivity index (χ4v) is 1.13. The molecule has 82 valence electrons. The Morgan fingerprint density at radius 3 is 2.73 bits per heavy atom. The van der Waals surface area contributed by atoms with Crippen LogP contribution in [0.4, 0.5) is 17.5 Å². The van der Waals surface area contributed by atoms with E-state index in [1.165, 1.54) is 0 Å². The number of rotatable bonds is 5. The van der Waals surface area contributed by atoms with Gasteiger partial charge in [0.2, 0.25) is 5.95 Å². The minimum atomic E-state index is 0.127. The number of nitrogens with zero attached hydrogens (tertiary/aromatic N) is 2. The average Bonchev–Trinajstić information content (AvgIpc) is 2.23. The molecule has 1 rings (SSSR count). The Morgan fingerprint density at radius 2 is 2.13 bits per heavy atom. The van der Waals surface area contributed by atoms with Crippen molar-refractivity contribution in [1.29, 1.82) is 5.41 Å². The lowest BCUT2D eigenvalue weighted by Gasteiger charge is -2.09. The van der Waals surface area contributed by atoms with Crippen molar-refractivity contribution in [3.8, 4) is 0 Å². The number of hydrogen-bond donors (Lipinski definition) is 4. The van der Waals surface area contributed by atoms with Gasteiger partial charge in [-0.2, -0.15) is 4.98 Å². The molecule has 1 aromatic heterocycles. The molecule has 15 heavy (non-hydrogen) atoms. The molecule has 0 radical (unpaired) electrons. The van der Waals surface area contributed by atoms with E-state index < -0.39 is 0 Å². The highest BCUT2D eigenvalue weighted by Gasteiger charge is 2.07. The molecule has 6 heteroatoms. The van der Waals surface area contributed by atoms with Crippen molar-refractivity contribution in [3.63, 3.8) is 0 Å². The molecule has 0 aliphatic rings. The van der Waals surface area contributed by atoms with E-state index in [0.717, 1.165) is 25.6 Å². The topological polar surface area (TPSA) is 114 Å². The summed E-state index contributed by atoms with van der Waals surface area (Å²) in [5.74, 6) is 0.635. The van der Waals surface area contributed by atoms with Crippen LogP contribution < -0.4 is 16.8 Å². The van der Waals surface area contributed by atoms with Gasteiger partial charge >= 0.3 is 0 Å². The van der Waals surface area contributed by atoms with Crippen LogP contribution in [0.25, 0.3) is 0 Å². The summed E-state index contributed by atoms with van der Waals surface area (Å²) in [5, 5.41) is 10.2. The van der Waals surface area contributed by atoms with Gasteiger partial charge in [0.15, 0.2) is 5.82 Å². The summed E-state index contributed by atoms with van der Waals surface area (Å²) in [7, 11) is 0. The van der Waals surface area contributed by atoms with Gasteiger partial charge in [-0.1, -0.05) is 13.3 Å². The molecule has 1 heterocycles. The van der Waals surface area contributed by atoms with E-state index in [9.17, 15) is 0 Å². The van der Waals surface area contributed by atoms with Crippen molar-refractivity contribution in [1.82, 2.24) is 9.97 Å². The monoisotopic (exact) mass is 208 g/mol. The normalized spacial score (nSPS) is 9.93. The van der Waals surface area contributed by atoms with E-state index in [1.807, 2.05) is 0 Å². The molecule has 0 aliphatic heterocycles. The number of nitrogens with two attached hydrogens (primary N) is 2. The standard InChI is InChI=1S/C9H16N6/c1-2-3-4-13-8-7(11)6(5-10)14-9(12)15-8/h5,10H,2-4,11H2,1H3,(H3,12,13,14,15). The number of anilines is 3. The van der Waals surface area contributed by atoms with Crippen LogP contribution in [0, 0.1) is 5.41 Å². The molecule has 0 unspecified atom stereocenters. The third kappa shape index (κ3) is 2.80. The van der Waals surface area contributed by atoms with Gasteiger partial charge in [0.25, 0.3) is 0 Å². The fourth-order valence-electron chi connectivity index (χ4n) is 1.13. The number of hydrogen-bond acceptors (Lipinski definition) is 6. The maximum Gasteiger partial charge on any atom is 0.222 e. The van der Waals surface area contributed by atoms with Crippen LogP contribution in [-0.4, -0.2) is 22.7 Å². The van der Waals surface area contributed by atoms with Crippen molar-refractivity contribution in [2.24, 2.45) is 0 Å². The van der Waals surface area contributed by atoms with Crippen molar-refractivity contribution in [3.05, 3.63) is 5.69 Å². The minimum Gasteiger partial charge on any atom is -0.394 e. The molecule has 0 saturated carbocycles. The highest BCUT2D eigenvalue weighted by molar-refractivity contribution is 5.87. The second kappa shape index (κ2) is 5.14. The molecular weight excluding hydrogens is 192 g/mol. The smallest absolute Gasteiger partial charge is 0.222 e.